The molecule has 0 radical (unpaired) electrons. The van der Waals surface area contributed by atoms with Crippen LogP contribution in [0.15, 0.2) is 16.7 Å². The molecule has 2 heterocycles. The lowest BCUT2D eigenvalue weighted by Gasteiger charge is -2.20. The molecule has 0 spiro atoms. The Morgan fingerprint density at radius 3 is 2.93 bits per heavy atom. The van der Waals surface area contributed by atoms with Gasteiger partial charge in [0.2, 0.25) is 0 Å². The van der Waals surface area contributed by atoms with Crippen molar-refractivity contribution in [2.24, 2.45) is 5.92 Å². The van der Waals surface area contributed by atoms with Gasteiger partial charge in [-0.3, -0.25) is 0 Å². The van der Waals surface area contributed by atoms with Gasteiger partial charge < -0.3 is 14.5 Å². The molecule has 1 aromatic heterocycles. The minimum atomic E-state index is 0.370. The van der Waals surface area contributed by atoms with E-state index in [1.165, 1.54) is 5.56 Å². The highest BCUT2D eigenvalue weighted by atomic mass is 16.5. The Morgan fingerprint density at radius 1 is 1.57 bits per heavy atom. The summed E-state index contributed by atoms with van der Waals surface area (Å²) < 4.78 is 10.7. The van der Waals surface area contributed by atoms with E-state index in [9.17, 15) is 0 Å². The summed E-state index contributed by atoms with van der Waals surface area (Å²) in [5.74, 6) is 1.55. The number of ether oxygens (including phenoxy) is 1. The molecule has 14 heavy (non-hydrogen) atoms. The van der Waals surface area contributed by atoms with Gasteiger partial charge in [0.15, 0.2) is 0 Å². The lowest BCUT2D eigenvalue weighted by atomic mass is 9.94. The van der Waals surface area contributed by atoms with Crippen molar-refractivity contribution in [1.82, 2.24) is 5.32 Å². The zero-order valence-corrected chi connectivity index (χ0v) is 8.75. The molecule has 1 aliphatic heterocycles. The first-order valence-electron chi connectivity index (χ1n) is 5.11. The molecule has 0 amide bonds. The van der Waals surface area contributed by atoms with Gasteiger partial charge in [0.05, 0.1) is 12.9 Å². The van der Waals surface area contributed by atoms with Crippen molar-refractivity contribution in [3.63, 3.8) is 0 Å². The molecule has 2 unspecified atom stereocenters. The van der Waals surface area contributed by atoms with E-state index < -0.39 is 0 Å². The lowest BCUT2D eigenvalue weighted by Crippen LogP contribution is -2.25. The van der Waals surface area contributed by atoms with Crippen molar-refractivity contribution in [1.29, 1.82) is 0 Å². The van der Waals surface area contributed by atoms with Crippen molar-refractivity contribution in [2.75, 3.05) is 20.3 Å². The van der Waals surface area contributed by atoms with E-state index in [4.69, 9.17) is 9.15 Å². The van der Waals surface area contributed by atoms with Gasteiger partial charge in [0.25, 0.3) is 0 Å². The average molecular weight is 195 g/mol. The van der Waals surface area contributed by atoms with Crippen LogP contribution in [0.2, 0.25) is 0 Å². The van der Waals surface area contributed by atoms with E-state index in [1.54, 1.807) is 0 Å². The van der Waals surface area contributed by atoms with Crippen LogP contribution in [0.1, 0.15) is 23.8 Å². The van der Waals surface area contributed by atoms with Crippen molar-refractivity contribution >= 4 is 0 Å². The highest BCUT2D eigenvalue weighted by Gasteiger charge is 2.26. The summed E-state index contributed by atoms with van der Waals surface area (Å²) in [7, 11) is 1.99. The largest absolute Gasteiger partial charge is 0.469 e. The minimum Gasteiger partial charge on any atom is -0.469 e. The Morgan fingerprint density at radius 2 is 2.43 bits per heavy atom. The van der Waals surface area contributed by atoms with Gasteiger partial charge in [0.1, 0.15) is 5.76 Å². The molecule has 3 nitrogen and oxygen atoms in total. The molecule has 1 N–H and O–H groups in total. The molecule has 2 rings (SSSR count). The third-order valence-electron chi connectivity index (χ3n) is 2.86. The van der Waals surface area contributed by atoms with Gasteiger partial charge in [-0.25, -0.2) is 0 Å². The second kappa shape index (κ2) is 4.15. The van der Waals surface area contributed by atoms with Crippen LogP contribution < -0.4 is 5.32 Å². The number of furan rings is 1. The Balaban J connectivity index is 2.12. The van der Waals surface area contributed by atoms with Crippen molar-refractivity contribution < 1.29 is 9.15 Å². The lowest BCUT2D eigenvalue weighted by molar-refractivity contribution is 0.177. The van der Waals surface area contributed by atoms with Gasteiger partial charge >= 0.3 is 0 Å². The maximum Gasteiger partial charge on any atom is 0.101 e. The quantitative estimate of drug-likeness (QED) is 0.799. The molecule has 0 aromatic carbocycles. The molecule has 3 heteroatoms. The van der Waals surface area contributed by atoms with E-state index in [1.807, 2.05) is 20.2 Å². The average Bonchev–Trinajstić information content (AvgIpc) is 2.79. The van der Waals surface area contributed by atoms with Crippen LogP contribution in [0, 0.1) is 12.8 Å². The molecule has 78 valence electrons. The summed E-state index contributed by atoms with van der Waals surface area (Å²) in [4.78, 5) is 0. The van der Waals surface area contributed by atoms with Gasteiger partial charge in [-0.2, -0.15) is 0 Å². The molecule has 0 bridgehead atoms. The van der Waals surface area contributed by atoms with Crippen molar-refractivity contribution in [2.45, 2.75) is 19.4 Å². The van der Waals surface area contributed by atoms with Gasteiger partial charge in [0, 0.05) is 24.1 Å². The van der Waals surface area contributed by atoms with Crippen LogP contribution in [0.4, 0.5) is 0 Å². The summed E-state index contributed by atoms with van der Waals surface area (Å²) >= 11 is 0. The monoisotopic (exact) mass is 195 g/mol. The van der Waals surface area contributed by atoms with E-state index in [2.05, 4.69) is 11.4 Å². The minimum absolute atomic E-state index is 0.370. The summed E-state index contributed by atoms with van der Waals surface area (Å²) in [6.07, 6.45) is 2.98. The number of nitrogens with one attached hydrogen (secondary N) is 1. The van der Waals surface area contributed by atoms with E-state index in [0.29, 0.717) is 12.0 Å². The fourth-order valence-electron chi connectivity index (χ4n) is 2.12. The molecule has 1 fully saturated rings. The first-order chi connectivity index (χ1) is 6.81. The smallest absolute Gasteiger partial charge is 0.101 e. The highest BCUT2D eigenvalue weighted by Crippen LogP contribution is 2.29. The molecule has 1 aromatic rings. The number of hydrogen-bond acceptors (Lipinski definition) is 3. The molecule has 2 atom stereocenters. The Labute approximate surface area is 84.4 Å². The Bertz CT molecular complexity index is 289. The normalized spacial score (nSPS) is 24.0. The second-order valence-electron chi connectivity index (χ2n) is 3.88. The Kier molecular flexibility index (Phi) is 2.89. The zero-order chi connectivity index (χ0) is 9.97. The number of rotatable bonds is 3. The van der Waals surface area contributed by atoms with Crippen molar-refractivity contribution in [3.8, 4) is 0 Å². The maximum absolute atomic E-state index is 5.40. The van der Waals surface area contributed by atoms with E-state index in [0.717, 1.165) is 25.4 Å². The molecular formula is C11H17NO2. The van der Waals surface area contributed by atoms with Crippen LogP contribution in [0.25, 0.3) is 0 Å². The van der Waals surface area contributed by atoms with E-state index in [-0.39, 0.29) is 0 Å². The molecule has 0 saturated carbocycles. The summed E-state index contributed by atoms with van der Waals surface area (Å²) in [5.41, 5.74) is 1.24. The number of hydrogen-bond donors (Lipinski definition) is 1. The fraction of sp³-hybridized carbons (Fsp3) is 0.636. The predicted molar refractivity (Wildman–Crippen MR) is 54.2 cm³/mol. The highest BCUT2D eigenvalue weighted by molar-refractivity contribution is 5.17. The van der Waals surface area contributed by atoms with Crippen LogP contribution in [-0.4, -0.2) is 20.3 Å². The van der Waals surface area contributed by atoms with Crippen LogP contribution >= 0.6 is 0 Å². The van der Waals surface area contributed by atoms with Gasteiger partial charge in [-0.15, -0.1) is 0 Å². The van der Waals surface area contributed by atoms with Crippen LogP contribution in [-0.2, 0) is 4.74 Å². The number of aryl methyl sites for hydroxylation is 1. The summed E-state index contributed by atoms with van der Waals surface area (Å²) in [6.45, 7) is 3.72. The zero-order valence-electron chi connectivity index (χ0n) is 8.75. The maximum atomic E-state index is 5.40. The molecular weight excluding hydrogens is 178 g/mol. The summed E-state index contributed by atoms with van der Waals surface area (Å²) in [6, 6.07) is 2.47. The van der Waals surface area contributed by atoms with Crippen molar-refractivity contribution in [3.05, 3.63) is 23.7 Å². The van der Waals surface area contributed by atoms with Gasteiger partial charge in [-0.1, -0.05) is 0 Å². The first kappa shape index (κ1) is 9.74. The summed E-state index contributed by atoms with van der Waals surface area (Å²) in [5, 5.41) is 3.33. The fourth-order valence-corrected chi connectivity index (χ4v) is 2.12. The topological polar surface area (TPSA) is 34.4 Å². The van der Waals surface area contributed by atoms with Crippen LogP contribution in [0.5, 0.6) is 0 Å². The first-order valence-corrected chi connectivity index (χ1v) is 5.11. The third kappa shape index (κ3) is 1.83. The standard InChI is InChI=1S/C11H17NO2/c1-8-5-10(7-14-8)11(12-2)9-3-4-13-6-9/h5,7,9,11-12H,3-4,6H2,1-2H3. The van der Waals surface area contributed by atoms with Gasteiger partial charge in [-0.05, 0) is 26.5 Å². The second-order valence-corrected chi connectivity index (χ2v) is 3.88. The predicted octanol–water partition coefficient (Wildman–Crippen LogP) is 1.89. The van der Waals surface area contributed by atoms with E-state index >= 15 is 0 Å². The molecule has 1 aliphatic rings. The van der Waals surface area contributed by atoms with Crippen LogP contribution in [0.3, 0.4) is 0 Å². The SMILES string of the molecule is CNC(c1coc(C)c1)C1CCOC1. The Hall–Kier alpha value is -0.800. The molecule has 0 aliphatic carbocycles. The molecule has 1 saturated heterocycles. The third-order valence-corrected chi connectivity index (χ3v) is 2.86.